The fraction of sp³-hybridized carbons (Fsp3) is 0.174. The number of nitrogens with zero attached hydrogens (tertiary/aromatic N) is 2. The Morgan fingerprint density at radius 3 is 2.71 bits per heavy atom. The van der Waals surface area contributed by atoms with Gasteiger partial charge in [-0.05, 0) is 61.2 Å². The summed E-state index contributed by atoms with van der Waals surface area (Å²) in [5.74, 6) is -0.446. The van der Waals surface area contributed by atoms with Crippen molar-refractivity contribution in [3.63, 3.8) is 0 Å². The number of aromatic nitrogens is 1. The highest BCUT2D eigenvalue weighted by atomic mass is 16.2. The molecule has 1 aromatic heterocycles. The highest BCUT2D eigenvalue weighted by Crippen LogP contribution is 2.28. The van der Waals surface area contributed by atoms with Crippen LogP contribution in [0, 0.1) is 13.8 Å². The van der Waals surface area contributed by atoms with Gasteiger partial charge in [-0.1, -0.05) is 30.3 Å². The monoisotopic (exact) mass is 371 g/mol. The van der Waals surface area contributed by atoms with E-state index in [1.165, 1.54) is 6.20 Å². The molecule has 1 N–H and O–H groups in total. The van der Waals surface area contributed by atoms with Crippen molar-refractivity contribution in [3.8, 4) is 0 Å². The molecule has 28 heavy (non-hydrogen) atoms. The first kappa shape index (κ1) is 17.9. The third-order valence-electron chi connectivity index (χ3n) is 5.23. The van der Waals surface area contributed by atoms with Gasteiger partial charge in [0.2, 0.25) is 0 Å². The maximum atomic E-state index is 13.0. The number of pyridine rings is 1. The highest BCUT2D eigenvalue weighted by Gasteiger charge is 2.26. The third kappa shape index (κ3) is 3.27. The van der Waals surface area contributed by atoms with Crippen LogP contribution in [0.3, 0.4) is 0 Å². The van der Waals surface area contributed by atoms with Crippen molar-refractivity contribution in [1.82, 2.24) is 4.98 Å². The molecule has 2 aromatic carbocycles. The Morgan fingerprint density at radius 1 is 1.04 bits per heavy atom. The van der Waals surface area contributed by atoms with Crippen molar-refractivity contribution in [2.24, 2.45) is 0 Å². The molecule has 5 nitrogen and oxygen atoms in total. The van der Waals surface area contributed by atoms with E-state index in [0.717, 1.165) is 34.5 Å². The first-order chi connectivity index (χ1) is 13.5. The number of rotatable bonds is 3. The van der Waals surface area contributed by atoms with Crippen LogP contribution in [0.2, 0.25) is 0 Å². The molecule has 3 aromatic rings. The van der Waals surface area contributed by atoms with Crippen LogP contribution in [0.25, 0.3) is 0 Å². The molecule has 1 aliphatic heterocycles. The van der Waals surface area contributed by atoms with Crippen molar-refractivity contribution in [3.05, 3.63) is 88.7 Å². The summed E-state index contributed by atoms with van der Waals surface area (Å²) in [5, 5.41) is 2.93. The maximum absolute atomic E-state index is 13.0. The summed E-state index contributed by atoms with van der Waals surface area (Å²) in [6.45, 7) is 4.60. The number of para-hydroxylation sites is 1. The Hall–Kier alpha value is -3.47. The third-order valence-corrected chi connectivity index (χ3v) is 5.23. The molecular weight excluding hydrogens is 350 g/mol. The van der Waals surface area contributed by atoms with Gasteiger partial charge in [0.25, 0.3) is 11.8 Å². The van der Waals surface area contributed by atoms with Crippen molar-refractivity contribution in [2.75, 3.05) is 16.8 Å². The van der Waals surface area contributed by atoms with Crippen LogP contribution >= 0.6 is 0 Å². The zero-order chi connectivity index (χ0) is 19.7. The Bertz CT molecular complexity index is 1070. The predicted molar refractivity (Wildman–Crippen MR) is 110 cm³/mol. The zero-order valence-corrected chi connectivity index (χ0v) is 15.9. The van der Waals surface area contributed by atoms with Gasteiger partial charge in [-0.15, -0.1) is 0 Å². The summed E-state index contributed by atoms with van der Waals surface area (Å²) in [6.07, 6.45) is 2.34. The molecule has 0 unspecified atom stereocenters. The van der Waals surface area contributed by atoms with Gasteiger partial charge in [0.05, 0.1) is 0 Å². The molecule has 0 bridgehead atoms. The molecule has 1 aliphatic rings. The second-order valence-corrected chi connectivity index (χ2v) is 6.97. The van der Waals surface area contributed by atoms with Gasteiger partial charge in [-0.2, -0.15) is 0 Å². The lowest BCUT2D eigenvalue weighted by atomic mass is 10.1. The van der Waals surface area contributed by atoms with Gasteiger partial charge in [0, 0.05) is 29.7 Å². The van der Waals surface area contributed by atoms with Crippen LogP contribution in [-0.4, -0.2) is 23.3 Å². The van der Waals surface area contributed by atoms with Crippen molar-refractivity contribution in [1.29, 1.82) is 0 Å². The summed E-state index contributed by atoms with van der Waals surface area (Å²) < 4.78 is 0. The standard InChI is InChI=1S/C23H21N3O2/c1-15-6-5-8-19(16(15)2)25-22(27)18-10-12-24-20(14-18)23(28)26-13-11-17-7-3-4-9-21(17)26/h3-10,12,14H,11,13H2,1-2H3,(H,25,27). The second kappa shape index (κ2) is 7.27. The van der Waals surface area contributed by atoms with E-state index in [4.69, 9.17) is 0 Å². The van der Waals surface area contributed by atoms with Crippen LogP contribution in [0.1, 0.15) is 37.5 Å². The molecule has 2 heterocycles. The smallest absolute Gasteiger partial charge is 0.276 e. The number of hydrogen-bond acceptors (Lipinski definition) is 3. The Morgan fingerprint density at radius 2 is 1.86 bits per heavy atom. The zero-order valence-electron chi connectivity index (χ0n) is 15.9. The van der Waals surface area contributed by atoms with E-state index in [9.17, 15) is 9.59 Å². The second-order valence-electron chi connectivity index (χ2n) is 6.97. The number of nitrogens with one attached hydrogen (secondary N) is 1. The van der Waals surface area contributed by atoms with Gasteiger partial charge in [0.1, 0.15) is 5.69 Å². The Kier molecular flexibility index (Phi) is 4.65. The minimum absolute atomic E-state index is 0.189. The summed E-state index contributed by atoms with van der Waals surface area (Å²) in [4.78, 5) is 31.6. The van der Waals surface area contributed by atoms with Gasteiger partial charge in [-0.3, -0.25) is 14.6 Å². The van der Waals surface area contributed by atoms with E-state index in [1.54, 1.807) is 17.0 Å². The van der Waals surface area contributed by atoms with Crippen LogP contribution in [0.5, 0.6) is 0 Å². The molecule has 140 valence electrons. The summed E-state index contributed by atoms with van der Waals surface area (Å²) in [6, 6.07) is 16.8. The molecule has 0 fully saturated rings. The van der Waals surface area contributed by atoms with Gasteiger partial charge in [0.15, 0.2) is 0 Å². The molecule has 0 atom stereocenters. The Labute approximate surface area is 164 Å². The van der Waals surface area contributed by atoms with Crippen molar-refractivity contribution in [2.45, 2.75) is 20.3 Å². The van der Waals surface area contributed by atoms with Gasteiger partial charge < -0.3 is 10.2 Å². The molecule has 2 amide bonds. The lowest BCUT2D eigenvalue weighted by Crippen LogP contribution is -2.30. The SMILES string of the molecule is Cc1cccc(NC(=O)c2ccnc(C(=O)N3CCc4ccccc43)c2)c1C. The van der Waals surface area contributed by atoms with Crippen LogP contribution in [0.4, 0.5) is 11.4 Å². The van der Waals surface area contributed by atoms with Gasteiger partial charge >= 0.3 is 0 Å². The molecule has 5 heteroatoms. The number of benzene rings is 2. The van der Waals surface area contributed by atoms with E-state index in [2.05, 4.69) is 10.3 Å². The fourth-order valence-corrected chi connectivity index (χ4v) is 3.46. The Balaban J connectivity index is 1.57. The predicted octanol–water partition coefficient (Wildman–Crippen LogP) is 4.15. The summed E-state index contributed by atoms with van der Waals surface area (Å²) >= 11 is 0. The van der Waals surface area contributed by atoms with Crippen LogP contribution in [0.15, 0.2) is 60.8 Å². The molecular formula is C23H21N3O2. The van der Waals surface area contributed by atoms with Crippen LogP contribution in [-0.2, 0) is 6.42 Å². The van der Waals surface area contributed by atoms with Crippen molar-refractivity contribution < 1.29 is 9.59 Å². The molecule has 0 aliphatic carbocycles. The largest absolute Gasteiger partial charge is 0.322 e. The van der Waals surface area contributed by atoms with E-state index in [-0.39, 0.29) is 17.5 Å². The van der Waals surface area contributed by atoms with Gasteiger partial charge in [-0.25, -0.2) is 0 Å². The van der Waals surface area contributed by atoms with E-state index >= 15 is 0 Å². The minimum atomic E-state index is -0.257. The average molecular weight is 371 g/mol. The lowest BCUT2D eigenvalue weighted by molar-refractivity contribution is 0.0984. The highest BCUT2D eigenvalue weighted by molar-refractivity contribution is 6.09. The number of amides is 2. The average Bonchev–Trinajstić information content (AvgIpc) is 3.15. The minimum Gasteiger partial charge on any atom is -0.322 e. The number of carbonyl (C=O) groups excluding carboxylic acids is 2. The molecule has 0 radical (unpaired) electrons. The summed E-state index contributed by atoms with van der Waals surface area (Å²) in [7, 11) is 0. The van der Waals surface area contributed by atoms with E-state index in [0.29, 0.717) is 12.1 Å². The lowest BCUT2D eigenvalue weighted by Gasteiger charge is -2.17. The summed E-state index contributed by atoms with van der Waals surface area (Å²) in [5.41, 5.74) is 5.64. The molecule has 0 saturated carbocycles. The number of fused-ring (bicyclic) bond motifs is 1. The topological polar surface area (TPSA) is 62.3 Å². The number of carbonyl (C=O) groups is 2. The first-order valence-electron chi connectivity index (χ1n) is 9.28. The molecule has 4 rings (SSSR count). The quantitative estimate of drug-likeness (QED) is 0.752. The maximum Gasteiger partial charge on any atom is 0.276 e. The number of hydrogen-bond donors (Lipinski definition) is 1. The molecule has 0 spiro atoms. The first-order valence-corrected chi connectivity index (χ1v) is 9.28. The normalized spacial score (nSPS) is 12.6. The number of anilines is 2. The van der Waals surface area contributed by atoms with Crippen molar-refractivity contribution >= 4 is 23.2 Å². The van der Waals surface area contributed by atoms with Crippen LogP contribution < -0.4 is 10.2 Å². The fourth-order valence-electron chi connectivity index (χ4n) is 3.46. The van der Waals surface area contributed by atoms with E-state index in [1.807, 2.05) is 56.3 Å². The van der Waals surface area contributed by atoms with E-state index < -0.39 is 0 Å². The number of aryl methyl sites for hydroxylation is 1. The molecule has 0 saturated heterocycles.